The molecule has 2 N–H and O–H groups in total. The Hall–Kier alpha value is -2.18. The predicted molar refractivity (Wildman–Crippen MR) is 91.8 cm³/mol. The van der Waals surface area contributed by atoms with E-state index >= 15 is 0 Å². The maximum Gasteiger partial charge on any atom is 0.285 e. The highest BCUT2D eigenvalue weighted by molar-refractivity contribution is 7.09. The number of hydrogen-bond donors (Lipinski definition) is 2. The fourth-order valence-corrected chi connectivity index (χ4v) is 3.52. The van der Waals surface area contributed by atoms with Gasteiger partial charge in [-0.2, -0.15) is 0 Å². The summed E-state index contributed by atoms with van der Waals surface area (Å²) in [5, 5.41) is 4.85. The second-order valence-electron chi connectivity index (χ2n) is 5.81. The number of nitrogens with zero attached hydrogens (tertiary/aromatic N) is 1. The van der Waals surface area contributed by atoms with Crippen LogP contribution in [0.5, 0.6) is 0 Å². The Kier molecular flexibility index (Phi) is 4.45. The molecule has 0 spiro atoms. The van der Waals surface area contributed by atoms with Gasteiger partial charge in [0.1, 0.15) is 13.1 Å². The number of rotatable bonds is 4. The second kappa shape index (κ2) is 6.52. The van der Waals surface area contributed by atoms with Crippen LogP contribution in [0.3, 0.4) is 0 Å². The van der Waals surface area contributed by atoms with Crippen LogP contribution in [0, 0.1) is 0 Å². The van der Waals surface area contributed by atoms with E-state index < -0.39 is 0 Å². The van der Waals surface area contributed by atoms with Gasteiger partial charge in [0.15, 0.2) is 6.04 Å². The third kappa shape index (κ3) is 3.28. The minimum absolute atomic E-state index is 0.0265. The van der Waals surface area contributed by atoms with Gasteiger partial charge in [-0.1, -0.05) is 18.2 Å². The molecule has 2 atom stereocenters. The van der Waals surface area contributed by atoms with Crippen LogP contribution in [-0.2, 0) is 16.1 Å². The molecule has 0 radical (unpaired) electrons. The second-order valence-corrected chi connectivity index (χ2v) is 6.85. The molecule has 5 nitrogen and oxygen atoms in total. The number of quaternary nitrogens is 1. The number of anilines is 2. The molecule has 1 aliphatic heterocycles. The third-order valence-corrected chi connectivity index (χ3v) is 5.06. The summed E-state index contributed by atoms with van der Waals surface area (Å²) in [7, 11) is 2.01. The molecule has 1 unspecified atom stereocenters. The van der Waals surface area contributed by atoms with Crippen LogP contribution in [0.1, 0.15) is 11.8 Å². The van der Waals surface area contributed by atoms with Gasteiger partial charge in [-0.3, -0.25) is 14.5 Å². The number of fused-ring (bicyclic) bond motifs is 1. The van der Waals surface area contributed by atoms with Crippen molar-refractivity contribution in [1.29, 1.82) is 0 Å². The monoisotopic (exact) mass is 330 g/mol. The van der Waals surface area contributed by atoms with Crippen molar-refractivity contribution in [1.82, 2.24) is 0 Å². The lowest BCUT2D eigenvalue weighted by Gasteiger charge is -2.32. The Bertz CT molecular complexity index is 714. The van der Waals surface area contributed by atoms with E-state index in [1.54, 1.807) is 16.2 Å². The first-order valence-corrected chi connectivity index (χ1v) is 8.49. The molecule has 0 fully saturated rings. The van der Waals surface area contributed by atoms with E-state index in [0.717, 1.165) is 17.1 Å². The topological polar surface area (TPSA) is 53.9 Å². The number of benzene rings is 1. The first kappa shape index (κ1) is 15.7. The Morgan fingerprint density at radius 3 is 2.87 bits per heavy atom. The Morgan fingerprint density at radius 1 is 1.35 bits per heavy atom. The summed E-state index contributed by atoms with van der Waals surface area (Å²) < 4.78 is 0. The SMILES string of the molecule is C[C@H](C(=O)N1CC(=O)Nc2ccccc21)[NH+](C)Cc1cccs1. The molecule has 0 saturated heterocycles. The van der Waals surface area contributed by atoms with Gasteiger partial charge >= 0.3 is 0 Å². The minimum Gasteiger partial charge on any atom is -0.323 e. The van der Waals surface area contributed by atoms with E-state index in [1.165, 1.54) is 4.88 Å². The van der Waals surface area contributed by atoms with Crippen molar-refractivity contribution in [3.8, 4) is 0 Å². The molecule has 1 aliphatic rings. The van der Waals surface area contributed by atoms with Crippen LogP contribution in [0.25, 0.3) is 0 Å². The van der Waals surface area contributed by atoms with Gasteiger partial charge in [0, 0.05) is 0 Å². The molecule has 1 aromatic heterocycles. The van der Waals surface area contributed by atoms with Crippen LogP contribution in [0.4, 0.5) is 11.4 Å². The molecule has 3 rings (SSSR count). The maximum atomic E-state index is 12.9. The lowest BCUT2D eigenvalue weighted by Crippen LogP contribution is -3.12. The van der Waals surface area contributed by atoms with Gasteiger partial charge in [0.2, 0.25) is 5.91 Å². The minimum atomic E-state index is -0.226. The number of nitrogens with one attached hydrogen (secondary N) is 2. The summed E-state index contributed by atoms with van der Waals surface area (Å²) in [6.45, 7) is 2.79. The standard InChI is InChI=1S/C17H19N3O2S/c1-12(19(2)10-13-6-5-9-23-13)17(22)20-11-16(21)18-14-7-3-4-8-15(14)20/h3-9,12H,10-11H2,1-2H3,(H,18,21)/p+1/t12-/m1/s1. The van der Waals surface area contributed by atoms with Gasteiger partial charge in [0.25, 0.3) is 5.91 Å². The van der Waals surface area contributed by atoms with Crippen LogP contribution < -0.4 is 15.1 Å². The average Bonchev–Trinajstić information content (AvgIpc) is 3.05. The molecule has 2 heterocycles. The number of para-hydroxylation sites is 2. The highest BCUT2D eigenvalue weighted by Crippen LogP contribution is 2.29. The first-order chi connectivity index (χ1) is 11.1. The Labute approximate surface area is 139 Å². The lowest BCUT2D eigenvalue weighted by molar-refractivity contribution is -0.907. The Morgan fingerprint density at radius 2 is 2.13 bits per heavy atom. The van der Waals surface area contributed by atoms with E-state index in [9.17, 15) is 9.59 Å². The summed E-state index contributed by atoms with van der Waals surface area (Å²) in [6, 6.07) is 11.3. The molecule has 120 valence electrons. The summed E-state index contributed by atoms with van der Waals surface area (Å²) in [5.41, 5.74) is 1.47. The Balaban J connectivity index is 1.78. The highest BCUT2D eigenvalue weighted by Gasteiger charge is 2.33. The van der Waals surface area contributed by atoms with Crippen LogP contribution in [0.2, 0.25) is 0 Å². The molecule has 0 saturated carbocycles. The molecule has 0 aliphatic carbocycles. The molecule has 0 bridgehead atoms. The fraction of sp³-hybridized carbons (Fsp3) is 0.294. The van der Waals surface area contributed by atoms with Crippen molar-refractivity contribution in [3.05, 3.63) is 46.7 Å². The average molecular weight is 330 g/mol. The predicted octanol–water partition coefficient (Wildman–Crippen LogP) is 1.14. The van der Waals surface area contributed by atoms with Crippen molar-refractivity contribution >= 4 is 34.5 Å². The summed E-state index contributed by atoms with van der Waals surface area (Å²) in [5.74, 6) is -0.179. The number of hydrogen-bond acceptors (Lipinski definition) is 3. The quantitative estimate of drug-likeness (QED) is 0.883. The summed E-state index contributed by atoms with van der Waals surface area (Å²) in [4.78, 5) is 28.7. The molecular weight excluding hydrogens is 310 g/mol. The van der Waals surface area contributed by atoms with E-state index in [1.807, 2.05) is 49.7 Å². The molecule has 2 amide bonds. The first-order valence-electron chi connectivity index (χ1n) is 7.61. The summed E-state index contributed by atoms with van der Waals surface area (Å²) >= 11 is 1.70. The number of carbonyl (C=O) groups excluding carboxylic acids is 2. The fourth-order valence-electron chi connectivity index (χ4n) is 2.72. The van der Waals surface area contributed by atoms with Crippen LogP contribution in [-0.4, -0.2) is 31.4 Å². The number of carbonyl (C=O) groups is 2. The van der Waals surface area contributed by atoms with Crippen LogP contribution >= 0.6 is 11.3 Å². The summed E-state index contributed by atoms with van der Waals surface area (Å²) in [6.07, 6.45) is 0. The zero-order valence-corrected chi connectivity index (χ0v) is 14.0. The molecular formula is C17H20N3O2S+. The van der Waals surface area contributed by atoms with Crippen molar-refractivity contribution in [2.45, 2.75) is 19.5 Å². The number of amides is 2. The smallest absolute Gasteiger partial charge is 0.285 e. The molecule has 23 heavy (non-hydrogen) atoms. The normalized spacial score (nSPS) is 16.4. The van der Waals surface area contributed by atoms with E-state index in [4.69, 9.17) is 0 Å². The van der Waals surface area contributed by atoms with Crippen molar-refractivity contribution < 1.29 is 14.5 Å². The zero-order chi connectivity index (χ0) is 16.4. The van der Waals surface area contributed by atoms with Gasteiger partial charge in [-0.15, -0.1) is 11.3 Å². The molecule has 2 aromatic rings. The van der Waals surface area contributed by atoms with Crippen LogP contribution in [0.15, 0.2) is 41.8 Å². The highest BCUT2D eigenvalue weighted by atomic mass is 32.1. The molecule has 6 heteroatoms. The van der Waals surface area contributed by atoms with E-state index in [0.29, 0.717) is 5.69 Å². The largest absolute Gasteiger partial charge is 0.323 e. The number of thiophene rings is 1. The maximum absolute atomic E-state index is 12.9. The van der Waals surface area contributed by atoms with Crippen molar-refractivity contribution in [2.75, 3.05) is 23.8 Å². The van der Waals surface area contributed by atoms with Crippen molar-refractivity contribution in [2.24, 2.45) is 0 Å². The van der Waals surface area contributed by atoms with E-state index in [2.05, 4.69) is 11.4 Å². The van der Waals surface area contributed by atoms with Gasteiger partial charge in [-0.05, 0) is 30.5 Å². The molecule has 1 aromatic carbocycles. The van der Waals surface area contributed by atoms with Gasteiger partial charge in [0.05, 0.1) is 23.3 Å². The lowest BCUT2D eigenvalue weighted by atomic mass is 10.1. The van der Waals surface area contributed by atoms with Gasteiger partial charge < -0.3 is 10.2 Å². The third-order valence-electron chi connectivity index (χ3n) is 4.18. The zero-order valence-electron chi connectivity index (χ0n) is 13.2. The van der Waals surface area contributed by atoms with E-state index in [-0.39, 0.29) is 24.4 Å². The van der Waals surface area contributed by atoms with Gasteiger partial charge in [-0.25, -0.2) is 0 Å². The van der Waals surface area contributed by atoms with Crippen molar-refractivity contribution in [3.63, 3.8) is 0 Å². The number of likely N-dealkylation sites (N-methyl/N-ethyl adjacent to an activating group) is 1.